The fourth-order valence-electron chi connectivity index (χ4n) is 3.09. The first-order chi connectivity index (χ1) is 14.0. The van der Waals surface area contributed by atoms with Gasteiger partial charge < -0.3 is 9.73 Å². The lowest BCUT2D eigenvalue weighted by atomic mass is 10.0. The molecule has 154 valence electrons. The third-order valence-electron chi connectivity index (χ3n) is 4.52. The molecule has 3 aromatic rings. The summed E-state index contributed by atoms with van der Waals surface area (Å²) >= 11 is 0. The summed E-state index contributed by atoms with van der Waals surface area (Å²) < 4.78 is 82.8. The first-order valence-corrected chi connectivity index (χ1v) is 8.54. The molecule has 4 rings (SSSR count). The van der Waals surface area contributed by atoms with Gasteiger partial charge in [-0.1, -0.05) is 18.2 Å². The Balaban J connectivity index is 1.67. The minimum Gasteiger partial charge on any atom is -0.457 e. The molecule has 0 aliphatic carbocycles. The zero-order valence-corrected chi connectivity index (χ0v) is 14.9. The number of hydrogen-bond donors (Lipinski definition) is 1. The summed E-state index contributed by atoms with van der Waals surface area (Å²) in [5, 5.41) is 2.37. The molecular formula is C21H11F6NO2. The van der Waals surface area contributed by atoms with Crippen LogP contribution in [0.3, 0.4) is 0 Å². The van der Waals surface area contributed by atoms with Crippen LogP contribution in [-0.4, -0.2) is 5.91 Å². The van der Waals surface area contributed by atoms with Crippen LogP contribution < -0.4 is 5.32 Å². The van der Waals surface area contributed by atoms with Crippen molar-refractivity contribution in [2.24, 2.45) is 0 Å². The number of alkyl halides is 6. The molecular weight excluding hydrogens is 412 g/mol. The third-order valence-corrected chi connectivity index (χ3v) is 4.52. The van der Waals surface area contributed by atoms with Crippen LogP contribution in [0.2, 0.25) is 0 Å². The minimum absolute atomic E-state index is 0.0192. The van der Waals surface area contributed by atoms with Crippen molar-refractivity contribution >= 4 is 23.2 Å². The second-order valence-corrected chi connectivity index (χ2v) is 6.55. The van der Waals surface area contributed by atoms with Gasteiger partial charge in [0.25, 0.3) is 5.91 Å². The number of amides is 1. The Labute approximate surface area is 165 Å². The van der Waals surface area contributed by atoms with Crippen LogP contribution in [0, 0.1) is 0 Å². The van der Waals surface area contributed by atoms with Gasteiger partial charge in [0.05, 0.1) is 16.7 Å². The highest BCUT2D eigenvalue weighted by Crippen LogP contribution is 2.39. The van der Waals surface area contributed by atoms with Gasteiger partial charge in [-0.3, -0.25) is 4.79 Å². The predicted molar refractivity (Wildman–Crippen MR) is 97.1 cm³/mol. The van der Waals surface area contributed by atoms with Crippen LogP contribution in [0.4, 0.5) is 32.0 Å². The monoisotopic (exact) mass is 423 g/mol. The van der Waals surface area contributed by atoms with Crippen molar-refractivity contribution < 1.29 is 35.6 Å². The second-order valence-electron chi connectivity index (χ2n) is 6.55. The van der Waals surface area contributed by atoms with Gasteiger partial charge in [-0.05, 0) is 42.5 Å². The van der Waals surface area contributed by atoms with E-state index in [1.54, 1.807) is 0 Å². The molecule has 0 bridgehead atoms. The van der Waals surface area contributed by atoms with Gasteiger partial charge in [0.15, 0.2) is 0 Å². The van der Waals surface area contributed by atoms with E-state index in [4.69, 9.17) is 4.42 Å². The van der Waals surface area contributed by atoms with Crippen molar-refractivity contribution in [3.8, 4) is 11.3 Å². The number of rotatable bonds is 2. The van der Waals surface area contributed by atoms with E-state index in [0.29, 0.717) is 0 Å². The molecule has 1 aliphatic heterocycles. The van der Waals surface area contributed by atoms with Gasteiger partial charge in [0.1, 0.15) is 11.5 Å². The number of fused-ring (bicyclic) bond motifs is 1. The lowest BCUT2D eigenvalue weighted by Crippen LogP contribution is -2.06. The molecule has 1 amide bonds. The van der Waals surface area contributed by atoms with Gasteiger partial charge in [-0.2, -0.15) is 26.3 Å². The molecule has 0 saturated carbocycles. The number of furan rings is 1. The quantitative estimate of drug-likeness (QED) is 0.379. The summed E-state index contributed by atoms with van der Waals surface area (Å²) in [6.45, 7) is 0. The molecule has 0 atom stereocenters. The molecule has 0 unspecified atom stereocenters. The topological polar surface area (TPSA) is 42.2 Å². The Kier molecular flexibility index (Phi) is 4.48. The van der Waals surface area contributed by atoms with Crippen molar-refractivity contribution in [1.29, 1.82) is 0 Å². The fraction of sp³-hybridized carbons (Fsp3) is 0.0952. The molecule has 9 heteroatoms. The van der Waals surface area contributed by atoms with Crippen LogP contribution >= 0.6 is 0 Å². The summed E-state index contributed by atoms with van der Waals surface area (Å²) in [5.41, 5.74) is -1.16. The Morgan fingerprint density at radius 1 is 0.833 bits per heavy atom. The Bertz CT molecular complexity index is 1170. The minimum atomic E-state index is -4.55. The Hall–Kier alpha value is -3.49. The molecule has 1 aromatic heterocycles. The van der Waals surface area contributed by atoms with Gasteiger partial charge in [0, 0.05) is 16.8 Å². The first kappa shape index (κ1) is 19.8. The SMILES string of the molecule is O=C1Nc2cc(C(F)(F)F)ccc2/C1=C/c1ccc(-c2cccc(C(F)(F)F)c2)o1. The maximum absolute atomic E-state index is 12.9. The average molecular weight is 423 g/mol. The zero-order valence-electron chi connectivity index (χ0n) is 14.9. The fourth-order valence-corrected chi connectivity index (χ4v) is 3.09. The number of hydrogen-bond acceptors (Lipinski definition) is 2. The van der Waals surface area contributed by atoms with Crippen molar-refractivity contribution in [2.75, 3.05) is 5.32 Å². The standard InChI is InChI=1S/C21H11F6NO2/c22-20(23,24)12-3-1-2-11(8-12)18-7-5-14(30-18)10-16-15-6-4-13(21(25,26)27)9-17(15)28-19(16)29/h1-10H,(H,28,29)/b16-10-. The summed E-state index contributed by atoms with van der Waals surface area (Å²) in [5.74, 6) is -0.291. The van der Waals surface area contributed by atoms with E-state index >= 15 is 0 Å². The maximum Gasteiger partial charge on any atom is 0.416 e. The lowest BCUT2D eigenvalue weighted by Gasteiger charge is -2.08. The van der Waals surface area contributed by atoms with Crippen LogP contribution in [0.1, 0.15) is 22.5 Å². The van der Waals surface area contributed by atoms with E-state index in [0.717, 1.165) is 24.3 Å². The number of benzene rings is 2. The zero-order chi connectivity index (χ0) is 21.7. The van der Waals surface area contributed by atoms with Gasteiger partial charge in [-0.15, -0.1) is 0 Å². The highest BCUT2D eigenvalue weighted by molar-refractivity contribution is 6.34. The summed E-state index contributed by atoms with van der Waals surface area (Å²) in [6.07, 6.45) is -7.73. The van der Waals surface area contributed by atoms with E-state index in [9.17, 15) is 31.1 Å². The number of anilines is 1. The average Bonchev–Trinajstić information content (AvgIpc) is 3.25. The first-order valence-electron chi connectivity index (χ1n) is 8.54. The molecule has 1 N–H and O–H groups in total. The van der Waals surface area contributed by atoms with E-state index in [1.165, 1.54) is 36.4 Å². The van der Waals surface area contributed by atoms with Crippen LogP contribution in [0.5, 0.6) is 0 Å². The van der Waals surface area contributed by atoms with Gasteiger partial charge in [-0.25, -0.2) is 0 Å². The van der Waals surface area contributed by atoms with Crippen molar-refractivity contribution in [3.63, 3.8) is 0 Å². The number of carbonyl (C=O) groups is 1. The summed E-state index contributed by atoms with van der Waals surface area (Å²) in [7, 11) is 0. The van der Waals surface area contributed by atoms with Gasteiger partial charge >= 0.3 is 12.4 Å². The molecule has 0 saturated heterocycles. The van der Waals surface area contributed by atoms with Gasteiger partial charge in [0.2, 0.25) is 0 Å². The van der Waals surface area contributed by atoms with E-state index in [1.807, 2.05) is 0 Å². The van der Waals surface area contributed by atoms with Crippen molar-refractivity contribution in [2.45, 2.75) is 12.4 Å². The van der Waals surface area contributed by atoms with Crippen molar-refractivity contribution in [3.05, 3.63) is 77.0 Å². The highest BCUT2D eigenvalue weighted by atomic mass is 19.4. The Morgan fingerprint density at radius 2 is 1.53 bits per heavy atom. The molecule has 0 fully saturated rings. The Morgan fingerprint density at radius 3 is 2.23 bits per heavy atom. The van der Waals surface area contributed by atoms with Crippen molar-refractivity contribution in [1.82, 2.24) is 0 Å². The number of halogens is 6. The molecule has 30 heavy (non-hydrogen) atoms. The molecule has 2 heterocycles. The predicted octanol–water partition coefficient (Wildman–Crippen LogP) is 6.48. The molecule has 2 aromatic carbocycles. The lowest BCUT2D eigenvalue weighted by molar-refractivity contribution is -0.138. The smallest absolute Gasteiger partial charge is 0.416 e. The molecule has 0 radical (unpaired) electrons. The highest BCUT2D eigenvalue weighted by Gasteiger charge is 2.34. The molecule has 0 spiro atoms. The van der Waals surface area contributed by atoms with Crippen LogP contribution in [0.25, 0.3) is 23.0 Å². The summed E-state index contributed by atoms with van der Waals surface area (Å²) in [4.78, 5) is 12.2. The normalized spacial score (nSPS) is 15.4. The second kappa shape index (κ2) is 6.79. The van der Waals surface area contributed by atoms with E-state index < -0.39 is 29.4 Å². The van der Waals surface area contributed by atoms with E-state index in [-0.39, 0.29) is 33.9 Å². The third kappa shape index (κ3) is 3.70. The number of nitrogens with one attached hydrogen (secondary N) is 1. The van der Waals surface area contributed by atoms with Crippen LogP contribution in [-0.2, 0) is 17.1 Å². The maximum atomic E-state index is 12.9. The van der Waals surface area contributed by atoms with E-state index in [2.05, 4.69) is 5.32 Å². The van der Waals surface area contributed by atoms with Crippen LogP contribution in [0.15, 0.2) is 59.0 Å². The molecule has 3 nitrogen and oxygen atoms in total. The number of carbonyl (C=O) groups excluding carboxylic acids is 1. The largest absolute Gasteiger partial charge is 0.457 e. The molecule has 1 aliphatic rings. The summed E-state index contributed by atoms with van der Waals surface area (Å²) in [6, 6.07) is 10.3.